The maximum atomic E-state index is 6.04. The highest BCUT2D eigenvalue weighted by molar-refractivity contribution is 6.42. The summed E-state index contributed by atoms with van der Waals surface area (Å²) >= 11 is 12.0. The van der Waals surface area contributed by atoms with Crippen LogP contribution in [0.15, 0.2) is 36.4 Å². The van der Waals surface area contributed by atoms with E-state index in [1.807, 2.05) is 7.05 Å². The number of nitrogen functional groups attached to an aromatic ring is 1. The van der Waals surface area contributed by atoms with Crippen LogP contribution in [0.4, 0.5) is 11.4 Å². The van der Waals surface area contributed by atoms with Crippen molar-refractivity contribution in [2.45, 2.75) is 13.5 Å². The maximum absolute atomic E-state index is 6.04. The van der Waals surface area contributed by atoms with Gasteiger partial charge in [0, 0.05) is 13.6 Å². The van der Waals surface area contributed by atoms with E-state index < -0.39 is 0 Å². The molecule has 0 aromatic heterocycles. The lowest BCUT2D eigenvalue weighted by Gasteiger charge is -2.22. The second-order valence-electron chi connectivity index (χ2n) is 4.67. The lowest BCUT2D eigenvalue weighted by Crippen LogP contribution is -2.17. The van der Waals surface area contributed by atoms with Crippen molar-refractivity contribution in [2.24, 2.45) is 0 Å². The summed E-state index contributed by atoms with van der Waals surface area (Å²) in [5.41, 5.74) is 9.98. The van der Waals surface area contributed by atoms with Gasteiger partial charge in [0.1, 0.15) is 0 Å². The Morgan fingerprint density at radius 2 is 1.79 bits per heavy atom. The van der Waals surface area contributed by atoms with Gasteiger partial charge in [0.15, 0.2) is 0 Å². The van der Waals surface area contributed by atoms with Crippen molar-refractivity contribution < 1.29 is 0 Å². The summed E-state index contributed by atoms with van der Waals surface area (Å²) < 4.78 is 0. The van der Waals surface area contributed by atoms with Crippen LogP contribution in [0.5, 0.6) is 0 Å². The lowest BCUT2D eigenvalue weighted by atomic mass is 10.1. The molecule has 2 nitrogen and oxygen atoms in total. The fraction of sp³-hybridized carbons (Fsp3) is 0.200. The molecule has 2 rings (SSSR count). The first-order chi connectivity index (χ1) is 8.97. The summed E-state index contributed by atoms with van der Waals surface area (Å²) in [6.45, 7) is 2.85. The van der Waals surface area contributed by atoms with E-state index in [0.717, 1.165) is 12.2 Å². The third-order valence-corrected chi connectivity index (χ3v) is 3.71. The average molecular weight is 295 g/mol. The van der Waals surface area contributed by atoms with Crippen molar-refractivity contribution in [2.75, 3.05) is 17.7 Å². The third kappa shape index (κ3) is 3.34. The molecule has 19 heavy (non-hydrogen) atoms. The van der Waals surface area contributed by atoms with Crippen molar-refractivity contribution in [3.63, 3.8) is 0 Å². The van der Waals surface area contributed by atoms with Crippen molar-refractivity contribution in [3.05, 3.63) is 57.6 Å². The van der Waals surface area contributed by atoms with Crippen LogP contribution in [-0.2, 0) is 6.54 Å². The Kier molecular flexibility index (Phi) is 4.23. The minimum absolute atomic E-state index is 0.479. The van der Waals surface area contributed by atoms with Crippen molar-refractivity contribution in [1.29, 1.82) is 0 Å². The molecule has 0 amide bonds. The summed E-state index contributed by atoms with van der Waals surface area (Å²) in [7, 11) is 1.98. The summed E-state index contributed by atoms with van der Waals surface area (Å²) in [6, 6.07) is 11.9. The zero-order valence-corrected chi connectivity index (χ0v) is 12.5. The van der Waals surface area contributed by atoms with Crippen molar-refractivity contribution >= 4 is 34.6 Å². The van der Waals surface area contributed by atoms with Crippen LogP contribution in [0.1, 0.15) is 11.1 Å². The molecule has 100 valence electrons. The summed E-state index contributed by atoms with van der Waals surface area (Å²) in [6.07, 6.45) is 0. The predicted octanol–water partition coefficient (Wildman–Crippen LogP) is 4.52. The highest BCUT2D eigenvalue weighted by atomic mass is 35.5. The van der Waals surface area contributed by atoms with E-state index in [4.69, 9.17) is 28.9 Å². The highest BCUT2D eigenvalue weighted by Crippen LogP contribution is 2.33. The second-order valence-corrected chi connectivity index (χ2v) is 5.48. The van der Waals surface area contributed by atoms with E-state index in [9.17, 15) is 0 Å². The first-order valence-corrected chi connectivity index (χ1v) is 6.74. The van der Waals surface area contributed by atoms with E-state index in [1.54, 1.807) is 12.1 Å². The molecule has 0 spiro atoms. The standard InChI is InChI=1S/C15H16Cl2N2/c1-10-4-3-5-11(6-10)9-19(2)15-8-13(17)12(16)7-14(15)18/h3-8H,9,18H2,1-2H3. The maximum Gasteiger partial charge on any atom is 0.0616 e. The number of nitrogens with zero attached hydrogens (tertiary/aromatic N) is 1. The van der Waals surface area contributed by atoms with Crippen LogP contribution < -0.4 is 10.6 Å². The molecule has 2 N–H and O–H groups in total. The second kappa shape index (κ2) is 5.72. The molecular weight excluding hydrogens is 279 g/mol. The Bertz CT molecular complexity index is 597. The lowest BCUT2D eigenvalue weighted by molar-refractivity contribution is 0.923. The minimum Gasteiger partial charge on any atom is -0.397 e. The van der Waals surface area contributed by atoms with Crippen molar-refractivity contribution in [1.82, 2.24) is 0 Å². The van der Waals surface area contributed by atoms with Gasteiger partial charge < -0.3 is 10.6 Å². The fourth-order valence-corrected chi connectivity index (χ4v) is 2.38. The van der Waals surface area contributed by atoms with Gasteiger partial charge in [-0.05, 0) is 24.6 Å². The molecule has 0 radical (unpaired) electrons. The summed E-state index contributed by atoms with van der Waals surface area (Å²) in [5.74, 6) is 0. The van der Waals surface area contributed by atoms with Gasteiger partial charge in [-0.2, -0.15) is 0 Å². The first-order valence-electron chi connectivity index (χ1n) is 5.98. The zero-order valence-electron chi connectivity index (χ0n) is 11.0. The summed E-state index contributed by atoms with van der Waals surface area (Å²) in [4.78, 5) is 2.06. The predicted molar refractivity (Wildman–Crippen MR) is 84.2 cm³/mol. The van der Waals surface area contributed by atoms with E-state index in [2.05, 4.69) is 36.1 Å². The molecule has 0 aliphatic carbocycles. The molecule has 4 heteroatoms. The van der Waals surface area contributed by atoms with E-state index >= 15 is 0 Å². The van der Waals surface area contributed by atoms with E-state index in [1.165, 1.54) is 11.1 Å². The molecule has 0 fully saturated rings. The highest BCUT2D eigenvalue weighted by Gasteiger charge is 2.09. The molecule has 0 atom stereocenters. The number of hydrogen-bond donors (Lipinski definition) is 1. The number of anilines is 2. The van der Waals surface area contributed by atoms with Crippen LogP contribution in [0, 0.1) is 6.92 Å². The fourth-order valence-electron chi connectivity index (χ4n) is 2.05. The van der Waals surface area contributed by atoms with Gasteiger partial charge in [-0.3, -0.25) is 0 Å². The molecule has 0 unspecified atom stereocenters. The van der Waals surface area contributed by atoms with Gasteiger partial charge in [0.25, 0.3) is 0 Å². The molecule has 0 saturated heterocycles. The van der Waals surface area contributed by atoms with Gasteiger partial charge in [0.2, 0.25) is 0 Å². The van der Waals surface area contributed by atoms with Gasteiger partial charge in [-0.25, -0.2) is 0 Å². The normalized spacial score (nSPS) is 10.5. The Hall–Kier alpha value is -1.38. The number of nitrogens with two attached hydrogens (primary N) is 1. The Morgan fingerprint density at radius 1 is 1.11 bits per heavy atom. The zero-order chi connectivity index (χ0) is 14.0. The minimum atomic E-state index is 0.479. The third-order valence-electron chi connectivity index (χ3n) is 2.98. The van der Waals surface area contributed by atoms with Crippen LogP contribution >= 0.6 is 23.2 Å². The summed E-state index contributed by atoms with van der Waals surface area (Å²) in [5, 5.41) is 0.994. The monoisotopic (exact) mass is 294 g/mol. The number of benzene rings is 2. The van der Waals surface area contributed by atoms with Gasteiger partial charge >= 0.3 is 0 Å². The average Bonchev–Trinajstić information content (AvgIpc) is 2.33. The molecule has 0 aliphatic heterocycles. The Balaban J connectivity index is 2.25. The largest absolute Gasteiger partial charge is 0.397 e. The topological polar surface area (TPSA) is 29.3 Å². The quantitative estimate of drug-likeness (QED) is 0.843. The molecular formula is C15H16Cl2N2. The SMILES string of the molecule is Cc1cccc(CN(C)c2cc(Cl)c(Cl)cc2N)c1. The van der Waals surface area contributed by atoms with Crippen molar-refractivity contribution in [3.8, 4) is 0 Å². The van der Waals surface area contributed by atoms with Gasteiger partial charge in [-0.1, -0.05) is 53.0 Å². The molecule has 0 bridgehead atoms. The van der Waals surface area contributed by atoms with Crippen LogP contribution in [-0.4, -0.2) is 7.05 Å². The van der Waals surface area contributed by atoms with Gasteiger partial charge in [-0.15, -0.1) is 0 Å². The Morgan fingerprint density at radius 3 is 2.47 bits per heavy atom. The molecule has 2 aromatic rings. The van der Waals surface area contributed by atoms with E-state index in [-0.39, 0.29) is 0 Å². The molecule has 0 aliphatic rings. The molecule has 2 aromatic carbocycles. The first kappa shape index (κ1) is 14.0. The molecule has 0 heterocycles. The Labute approximate surface area is 123 Å². The van der Waals surface area contributed by atoms with Crippen LogP contribution in [0.25, 0.3) is 0 Å². The number of halogens is 2. The number of hydrogen-bond acceptors (Lipinski definition) is 2. The number of aryl methyl sites for hydroxylation is 1. The van der Waals surface area contributed by atoms with Gasteiger partial charge in [0.05, 0.1) is 21.4 Å². The van der Waals surface area contributed by atoms with E-state index in [0.29, 0.717) is 15.7 Å². The van der Waals surface area contributed by atoms with Crippen LogP contribution in [0.2, 0.25) is 10.0 Å². The molecule has 0 saturated carbocycles. The number of rotatable bonds is 3. The smallest absolute Gasteiger partial charge is 0.0616 e. The van der Waals surface area contributed by atoms with Crippen LogP contribution in [0.3, 0.4) is 0 Å².